The molecular formula is C68H122O6. The molecule has 0 aliphatic rings. The van der Waals surface area contributed by atoms with Crippen molar-refractivity contribution in [2.24, 2.45) is 0 Å². The number of rotatable bonds is 59. The monoisotopic (exact) mass is 1030 g/mol. The van der Waals surface area contributed by atoms with Crippen LogP contribution in [-0.4, -0.2) is 37.2 Å². The van der Waals surface area contributed by atoms with E-state index in [0.29, 0.717) is 19.3 Å². The van der Waals surface area contributed by atoms with E-state index >= 15 is 0 Å². The predicted molar refractivity (Wildman–Crippen MR) is 321 cm³/mol. The van der Waals surface area contributed by atoms with Crippen LogP contribution in [0.25, 0.3) is 0 Å². The molecule has 1 atom stereocenters. The topological polar surface area (TPSA) is 78.9 Å². The first-order chi connectivity index (χ1) is 36.5. The summed E-state index contributed by atoms with van der Waals surface area (Å²) in [5.41, 5.74) is 0. The third-order valence-electron chi connectivity index (χ3n) is 14.3. The first-order valence-electron chi connectivity index (χ1n) is 32.3. The van der Waals surface area contributed by atoms with Gasteiger partial charge in [0.05, 0.1) is 0 Å². The van der Waals surface area contributed by atoms with Crippen LogP contribution in [0.2, 0.25) is 0 Å². The van der Waals surface area contributed by atoms with Crippen LogP contribution in [0.1, 0.15) is 335 Å². The molecule has 6 heteroatoms. The number of unbranched alkanes of at least 4 members (excludes halogenated alkanes) is 38. The fourth-order valence-corrected chi connectivity index (χ4v) is 9.47. The molecule has 0 fully saturated rings. The second kappa shape index (κ2) is 62.6. The molecule has 0 N–H and O–H groups in total. The zero-order valence-corrected chi connectivity index (χ0v) is 49.4. The molecule has 0 rings (SSSR count). The summed E-state index contributed by atoms with van der Waals surface area (Å²) in [5, 5.41) is 0. The van der Waals surface area contributed by atoms with Crippen LogP contribution in [-0.2, 0) is 28.6 Å². The maximum absolute atomic E-state index is 12.9. The van der Waals surface area contributed by atoms with Gasteiger partial charge in [-0.1, -0.05) is 313 Å². The zero-order chi connectivity index (χ0) is 53.6. The van der Waals surface area contributed by atoms with Crippen molar-refractivity contribution in [1.82, 2.24) is 0 Å². The summed E-state index contributed by atoms with van der Waals surface area (Å²) in [6, 6.07) is 0. The number of ether oxygens (including phenoxy) is 3. The van der Waals surface area contributed by atoms with Crippen molar-refractivity contribution >= 4 is 17.9 Å². The van der Waals surface area contributed by atoms with Gasteiger partial charge in [-0.2, -0.15) is 0 Å². The highest BCUT2D eigenvalue weighted by Crippen LogP contribution is 2.17. The number of hydrogen-bond donors (Lipinski definition) is 0. The summed E-state index contributed by atoms with van der Waals surface area (Å²) < 4.78 is 16.9. The van der Waals surface area contributed by atoms with E-state index in [0.717, 1.165) is 89.9 Å². The number of carbonyl (C=O) groups excluding carboxylic acids is 3. The molecule has 0 radical (unpaired) electrons. The van der Waals surface area contributed by atoms with Crippen LogP contribution < -0.4 is 0 Å². The quantitative estimate of drug-likeness (QED) is 0.0261. The zero-order valence-electron chi connectivity index (χ0n) is 49.4. The highest BCUT2D eigenvalue weighted by molar-refractivity contribution is 5.71. The van der Waals surface area contributed by atoms with E-state index in [1.165, 1.54) is 205 Å². The lowest BCUT2D eigenvalue weighted by atomic mass is 10.0. The Morgan fingerprint density at radius 1 is 0.284 bits per heavy atom. The Bertz CT molecular complexity index is 1330. The fraction of sp³-hybridized carbons (Fsp3) is 0.809. The predicted octanol–water partition coefficient (Wildman–Crippen LogP) is 21.9. The van der Waals surface area contributed by atoms with Crippen molar-refractivity contribution in [3.05, 3.63) is 60.8 Å². The van der Waals surface area contributed by atoms with Crippen LogP contribution in [0.4, 0.5) is 0 Å². The standard InChI is InChI=1S/C68H122O6/c1-4-7-10-13-16-19-22-25-28-29-30-31-32-33-34-35-36-37-38-39-41-43-46-49-52-55-58-61-67(70)73-64-65(63-72-66(69)60-57-54-51-48-45-42-27-24-21-18-15-12-9-6-3)74-68(71)62-59-56-53-50-47-44-40-26-23-20-17-14-11-8-5-2/h7,10,16,19,25,28,30-31,33-34,65H,4-6,8-9,11-15,17-18,20-24,26-27,29,32,35-64H2,1-3H3/b10-7-,19-16-,28-25-,31-30-,34-33-. The first-order valence-corrected chi connectivity index (χ1v) is 32.3. The van der Waals surface area contributed by atoms with Gasteiger partial charge in [-0.05, 0) is 64.2 Å². The molecule has 1 unspecified atom stereocenters. The second-order valence-corrected chi connectivity index (χ2v) is 21.7. The van der Waals surface area contributed by atoms with E-state index in [1.54, 1.807) is 0 Å². The average molecular weight is 1040 g/mol. The summed E-state index contributed by atoms with van der Waals surface area (Å²) in [6.45, 7) is 6.58. The van der Waals surface area contributed by atoms with E-state index < -0.39 is 6.10 Å². The molecule has 0 aromatic rings. The van der Waals surface area contributed by atoms with Crippen LogP contribution >= 0.6 is 0 Å². The average Bonchev–Trinajstić information content (AvgIpc) is 3.40. The summed E-state index contributed by atoms with van der Waals surface area (Å²) in [4.78, 5) is 38.3. The lowest BCUT2D eigenvalue weighted by Gasteiger charge is -2.18. The van der Waals surface area contributed by atoms with Crippen molar-refractivity contribution < 1.29 is 28.6 Å². The highest BCUT2D eigenvalue weighted by Gasteiger charge is 2.19. The summed E-state index contributed by atoms with van der Waals surface area (Å²) >= 11 is 0. The Kier molecular flexibility index (Phi) is 60.2. The molecule has 0 saturated heterocycles. The minimum atomic E-state index is -0.771. The molecular weight excluding hydrogens is 913 g/mol. The molecule has 0 aromatic carbocycles. The first kappa shape index (κ1) is 71.1. The van der Waals surface area contributed by atoms with Gasteiger partial charge in [0.1, 0.15) is 13.2 Å². The van der Waals surface area contributed by atoms with Gasteiger partial charge in [0.15, 0.2) is 6.10 Å². The minimum Gasteiger partial charge on any atom is -0.462 e. The van der Waals surface area contributed by atoms with Gasteiger partial charge in [-0.3, -0.25) is 14.4 Å². The fourth-order valence-electron chi connectivity index (χ4n) is 9.47. The maximum atomic E-state index is 12.9. The summed E-state index contributed by atoms with van der Waals surface area (Å²) in [5.74, 6) is -0.851. The summed E-state index contributed by atoms with van der Waals surface area (Å²) in [7, 11) is 0. The molecule has 0 amide bonds. The number of carbonyl (C=O) groups is 3. The molecule has 0 heterocycles. The SMILES string of the molecule is CC/C=C\C/C=C\C/C=C\C/C=C\C/C=C\CCCCCCCCCCCCCC(=O)OCC(COC(=O)CCCCCCCCCCCCCCCC)OC(=O)CCCCCCCCCCCCCCCCC. The molecule has 0 bridgehead atoms. The molecule has 6 nitrogen and oxygen atoms in total. The van der Waals surface area contributed by atoms with Gasteiger partial charge in [0, 0.05) is 19.3 Å². The smallest absolute Gasteiger partial charge is 0.306 e. The van der Waals surface area contributed by atoms with E-state index in [9.17, 15) is 14.4 Å². The molecule has 430 valence electrons. The molecule has 0 aromatic heterocycles. The van der Waals surface area contributed by atoms with Crippen molar-refractivity contribution in [3.63, 3.8) is 0 Å². The van der Waals surface area contributed by atoms with Crippen molar-refractivity contribution in [2.75, 3.05) is 13.2 Å². The van der Waals surface area contributed by atoms with Crippen LogP contribution in [0, 0.1) is 0 Å². The Labute approximate surface area is 460 Å². The van der Waals surface area contributed by atoms with Crippen LogP contribution in [0.15, 0.2) is 60.8 Å². The van der Waals surface area contributed by atoms with E-state index in [-0.39, 0.29) is 31.1 Å². The largest absolute Gasteiger partial charge is 0.462 e. The number of esters is 3. The third kappa shape index (κ3) is 60.0. The molecule has 0 aliphatic carbocycles. The van der Waals surface area contributed by atoms with Gasteiger partial charge in [-0.25, -0.2) is 0 Å². The van der Waals surface area contributed by atoms with E-state index in [2.05, 4.69) is 81.5 Å². The number of allylic oxidation sites excluding steroid dienone is 10. The van der Waals surface area contributed by atoms with Crippen LogP contribution in [0.5, 0.6) is 0 Å². The van der Waals surface area contributed by atoms with Crippen LogP contribution in [0.3, 0.4) is 0 Å². The van der Waals surface area contributed by atoms with Crippen molar-refractivity contribution in [2.45, 2.75) is 341 Å². The minimum absolute atomic E-state index is 0.0690. The van der Waals surface area contributed by atoms with Gasteiger partial charge in [0.25, 0.3) is 0 Å². The normalized spacial score (nSPS) is 12.4. The molecule has 0 spiro atoms. The Hall–Kier alpha value is -2.89. The Morgan fingerprint density at radius 2 is 0.527 bits per heavy atom. The van der Waals surface area contributed by atoms with Gasteiger partial charge in [-0.15, -0.1) is 0 Å². The maximum Gasteiger partial charge on any atom is 0.306 e. The van der Waals surface area contributed by atoms with Crippen molar-refractivity contribution in [3.8, 4) is 0 Å². The Balaban J connectivity index is 4.25. The Morgan fingerprint density at radius 3 is 0.824 bits per heavy atom. The third-order valence-corrected chi connectivity index (χ3v) is 14.3. The number of hydrogen-bond acceptors (Lipinski definition) is 6. The molecule has 0 saturated carbocycles. The van der Waals surface area contributed by atoms with Gasteiger partial charge < -0.3 is 14.2 Å². The summed E-state index contributed by atoms with van der Waals surface area (Å²) in [6.07, 6.45) is 79.4. The second-order valence-electron chi connectivity index (χ2n) is 21.7. The van der Waals surface area contributed by atoms with E-state index in [4.69, 9.17) is 14.2 Å². The van der Waals surface area contributed by atoms with Crippen molar-refractivity contribution in [1.29, 1.82) is 0 Å². The highest BCUT2D eigenvalue weighted by atomic mass is 16.6. The van der Waals surface area contributed by atoms with Gasteiger partial charge in [0.2, 0.25) is 0 Å². The lowest BCUT2D eigenvalue weighted by molar-refractivity contribution is -0.167. The van der Waals surface area contributed by atoms with Gasteiger partial charge >= 0.3 is 17.9 Å². The van der Waals surface area contributed by atoms with E-state index in [1.807, 2.05) is 0 Å². The molecule has 0 aliphatic heterocycles. The molecule has 74 heavy (non-hydrogen) atoms. The lowest BCUT2D eigenvalue weighted by Crippen LogP contribution is -2.30.